The highest BCUT2D eigenvalue weighted by Crippen LogP contribution is 2.26. The van der Waals surface area contributed by atoms with Gasteiger partial charge in [-0.05, 0) is 34.7 Å². The van der Waals surface area contributed by atoms with Gasteiger partial charge in [0.05, 0.1) is 10.7 Å². The summed E-state index contributed by atoms with van der Waals surface area (Å²) >= 11 is 2.29. The van der Waals surface area contributed by atoms with Crippen LogP contribution in [0.5, 0.6) is 5.75 Å². The standard InChI is InChI=1S/C11H15IN2O/c1-15-11-8-9(2-3-10(11)12)14-6-4-13-5-7-14/h2-3,8,13H,4-7H2,1H3. The number of nitrogens with zero attached hydrogens (tertiary/aromatic N) is 1. The van der Waals surface area contributed by atoms with Crippen molar-refractivity contribution in [3.05, 3.63) is 21.8 Å². The molecule has 0 aromatic heterocycles. The molecule has 1 saturated heterocycles. The summed E-state index contributed by atoms with van der Waals surface area (Å²) < 4.78 is 6.49. The zero-order valence-corrected chi connectivity index (χ0v) is 11.0. The van der Waals surface area contributed by atoms with Crippen molar-refractivity contribution in [3.63, 3.8) is 0 Å². The molecule has 3 nitrogen and oxygen atoms in total. The molecule has 2 rings (SSSR count). The molecule has 0 amide bonds. The third-order valence-corrected chi connectivity index (χ3v) is 3.51. The van der Waals surface area contributed by atoms with Crippen LogP contribution in [0.2, 0.25) is 0 Å². The van der Waals surface area contributed by atoms with Crippen molar-refractivity contribution in [2.45, 2.75) is 0 Å². The Balaban J connectivity index is 2.20. The molecule has 0 aliphatic carbocycles. The summed E-state index contributed by atoms with van der Waals surface area (Å²) in [7, 11) is 1.72. The Morgan fingerprint density at radius 2 is 2.07 bits per heavy atom. The summed E-state index contributed by atoms with van der Waals surface area (Å²) in [5, 5.41) is 3.35. The van der Waals surface area contributed by atoms with Gasteiger partial charge in [0.15, 0.2) is 0 Å². The SMILES string of the molecule is COc1cc(N2CCNCC2)ccc1I. The van der Waals surface area contributed by atoms with Crippen molar-refractivity contribution >= 4 is 28.3 Å². The van der Waals surface area contributed by atoms with Crippen LogP contribution < -0.4 is 15.0 Å². The number of piperazine rings is 1. The van der Waals surface area contributed by atoms with Gasteiger partial charge in [-0.3, -0.25) is 0 Å². The molecular weight excluding hydrogens is 303 g/mol. The van der Waals surface area contributed by atoms with Gasteiger partial charge in [-0.15, -0.1) is 0 Å². The zero-order chi connectivity index (χ0) is 10.7. The molecule has 15 heavy (non-hydrogen) atoms. The highest BCUT2D eigenvalue weighted by atomic mass is 127. The van der Waals surface area contributed by atoms with E-state index in [2.05, 4.69) is 51.0 Å². The predicted molar refractivity (Wildman–Crippen MR) is 70.8 cm³/mol. The third kappa shape index (κ3) is 2.55. The minimum Gasteiger partial charge on any atom is -0.496 e. The lowest BCUT2D eigenvalue weighted by atomic mass is 10.2. The molecule has 1 N–H and O–H groups in total. The molecule has 0 atom stereocenters. The summed E-state index contributed by atoms with van der Waals surface area (Å²) in [5.74, 6) is 0.964. The molecule has 0 spiro atoms. The van der Waals surface area contributed by atoms with Crippen molar-refractivity contribution < 1.29 is 4.74 Å². The Bertz CT molecular complexity index is 337. The lowest BCUT2D eigenvalue weighted by Gasteiger charge is -2.29. The van der Waals surface area contributed by atoms with Crippen molar-refractivity contribution in [3.8, 4) is 5.75 Å². The molecule has 0 unspecified atom stereocenters. The molecule has 82 valence electrons. The van der Waals surface area contributed by atoms with Crippen LogP contribution in [0.25, 0.3) is 0 Å². The van der Waals surface area contributed by atoms with Crippen LogP contribution in [0.3, 0.4) is 0 Å². The van der Waals surface area contributed by atoms with Crippen LogP contribution >= 0.6 is 22.6 Å². The monoisotopic (exact) mass is 318 g/mol. The van der Waals surface area contributed by atoms with E-state index in [0.717, 1.165) is 35.5 Å². The van der Waals surface area contributed by atoms with Crippen molar-refractivity contribution in [2.24, 2.45) is 0 Å². The van der Waals surface area contributed by atoms with Crippen LogP contribution in [0.1, 0.15) is 0 Å². The quantitative estimate of drug-likeness (QED) is 0.840. The zero-order valence-electron chi connectivity index (χ0n) is 8.79. The lowest BCUT2D eigenvalue weighted by Crippen LogP contribution is -2.43. The van der Waals surface area contributed by atoms with Gasteiger partial charge in [0, 0.05) is 37.9 Å². The molecule has 1 aromatic carbocycles. The summed E-state index contributed by atoms with van der Waals surface area (Å²) in [4.78, 5) is 2.38. The largest absolute Gasteiger partial charge is 0.496 e. The maximum Gasteiger partial charge on any atom is 0.134 e. The molecule has 0 saturated carbocycles. The first-order chi connectivity index (χ1) is 7.31. The second kappa shape index (κ2) is 5.03. The van der Waals surface area contributed by atoms with E-state index >= 15 is 0 Å². The highest BCUT2D eigenvalue weighted by molar-refractivity contribution is 14.1. The summed E-state index contributed by atoms with van der Waals surface area (Å²) in [6, 6.07) is 6.39. The van der Waals surface area contributed by atoms with E-state index in [1.54, 1.807) is 7.11 Å². The number of hydrogen-bond acceptors (Lipinski definition) is 3. The number of hydrogen-bond donors (Lipinski definition) is 1. The van der Waals surface area contributed by atoms with E-state index in [0.29, 0.717) is 0 Å². The summed E-state index contributed by atoms with van der Waals surface area (Å²) in [6.45, 7) is 4.27. The van der Waals surface area contributed by atoms with E-state index in [-0.39, 0.29) is 0 Å². The number of methoxy groups -OCH3 is 1. The number of halogens is 1. The van der Waals surface area contributed by atoms with E-state index in [1.807, 2.05) is 0 Å². The summed E-state index contributed by atoms with van der Waals surface area (Å²) in [5.41, 5.74) is 1.26. The smallest absolute Gasteiger partial charge is 0.134 e. The van der Waals surface area contributed by atoms with Crippen LogP contribution in [0.4, 0.5) is 5.69 Å². The van der Waals surface area contributed by atoms with Crippen LogP contribution in [-0.4, -0.2) is 33.3 Å². The van der Waals surface area contributed by atoms with E-state index in [9.17, 15) is 0 Å². The highest BCUT2D eigenvalue weighted by Gasteiger charge is 2.11. The second-order valence-corrected chi connectivity index (χ2v) is 4.72. The average molecular weight is 318 g/mol. The Kier molecular flexibility index (Phi) is 3.69. The first-order valence-electron chi connectivity index (χ1n) is 5.10. The molecular formula is C11H15IN2O. The fourth-order valence-electron chi connectivity index (χ4n) is 1.77. The molecule has 1 aliphatic rings. The van der Waals surface area contributed by atoms with Crippen LogP contribution in [0.15, 0.2) is 18.2 Å². The number of ether oxygens (including phenoxy) is 1. The number of anilines is 1. The van der Waals surface area contributed by atoms with Gasteiger partial charge in [0.1, 0.15) is 5.75 Å². The third-order valence-electron chi connectivity index (χ3n) is 2.62. The maximum atomic E-state index is 5.33. The van der Waals surface area contributed by atoms with Gasteiger partial charge >= 0.3 is 0 Å². The van der Waals surface area contributed by atoms with Gasteiger partial charge < -0.3 is 15.0 Å². The van der Waals surface area contributed by atoms with Gasteiger partial charge in [0.25, 0.3) is 0 Å². The molecule has 0 radical (unpaired) electrons. The van der Waals surface area contributed by atoms with E-state index in [1.165, 1.54) is 5.69 Å². The minimum absolute atomic E-state index is 0.964. The Morgan fingerprint density at radius 1 is 1.33 bits per heavy atom. The first-order valence-corrected chi connectivity index (χ1v) is 6.18. The molecule has 1 aromatic rings. The van der Waals surface area contributed by atoms with Crippen molar-refractivity contribution in [2.75, 3.05) is 38.2 Å². The predicted octanol–water partition coefficient (Wildman–Crippen LogP) is 1.71. The Labute approximate surface area is 104 Å². The van der Waals surface area contributed by atoms with Gasteiger partial charge in [0.2, 0.25) is 0 Å². The molecule has 1 aliphatic heterocycles. The number of rotatable bonds is 2. The fraction of sp³-hybridized carbons (Fsp3) is 0.455. The van der Waals surface area contributed by atoms with Gasteiger partial charge in [-0.2, -0.15) is 0 Å². The van der Waals surface area contributed by atoms with Crippen molar-refractivity contribution in [1.82, 2.24) is 5.32 Å². The van der Waals surface area contributed by atoms with Crippen molar-refractivity contribution in [1.29, 1.82) is 0 Å². The normalized spacial score (nSPS) is 16.5. The Hall–Kier alpha value is -0.490. The summed E-state index contributed by atoms with van der Waals surface area (Å²) in [6.07, 6.45) is 0. The van der Waals surface area contributed by atoms with E-state index < -0.39 is 0 Å². The van der Waals surface area contributed by atoms with E-state index in [4.69, 9.17) is 4.74 Å². The minimum atomic E-state index is 0.964. The molecule has 1 heterocycles. The number of nitrogens with one attached hydrogen (secondary N) is 1. The van der Waals surface area contributed by atoms with Crippen LogP contribution in [-0.2, 0) is 0 Å². The topological polar surface area (TPSA) is 24.5 Å². The second-order valence-electron chi connectivity index (χ2n) is 3.56. The molecule has 4 heteroatoms. The average Bonchev–Trinajstić information content (AvgIpc) is 2.31. The van der Waals surface area contributed by atoms with Crippen LogP contribution in [0, 0.1) is 3.57 Å². The molecule has 1 fully saturated rings. The number of benzene rings is 1. The van der Waals surface area contributed by atoms with Gasteiger partial charge in [-0.1, -0.05) is 0 Å². The Morgan fingerprint density at radius 3 is 2.73 bits per heavy atom. The lowest BCUT2D eigenvalue weighted by molar-refractivity contribution is 0.411. The fourth-order valence-corrected chi connectivity index (χ4v) is 2.32. The molecule has 0 bridgehead atoms. The van der Waals surface area contributed by atoms with Gasteiger partial charge in [-0.25, -0.2) is 0 Å². The maximum absolute atomic E-state index is 5.33. The first kappa shape index (κ1) is 11.0.